The zero-order chi connectivity index (χ0) is 25.9. The summed E-state index contributed by atoms with van der Waals surface area (Å²) in [6.07, 6.45) is 0. The molecular weight excluding hydrogens is 570 g/mol. The standard InChI is InChI=1S/C24H24BrN3O6S2/c1-27(18-8-6-16(7-9-18)24(30)33-2)36(31,32)21-15-20(35-22(21)25)23(29)26-17-4-3-5-19(14-17)28-10-12-34-13-11-28/h3-9,14-15H,10-13H2,1-2H3,(H,26,29). The maximum Gasteiger partial charge on any atom is 0.337 e. The van der Waals surface area contributed by atoms with Crippen LogP contribution in [0.15, 0.2) is 63.3 Å². The number of methoxy groups -OCH3 is 1. The molecule has 1 aromatic heterocycles. The van der Waals surface area contributed by atoms with Crippen molar-refractivity contribution in [1.82, 2.24) is 0 Å². The Morgan fingerprint density at radius 1 is 1.11 bits per heavy atom. The van der Waals surface area contributed by atoms with Crippen LogP contribution in [0.5, 0.6) is 0 Å². The van der Waals surface area contributed by atoms with E-state index in [4.69, 9.17) is 4.74 Å². The molecule has 0 saturated carbocycles. The maximum atomic E-state index is 13.3. The number of thiophene rings is 1. The van der Waals surface area contributed by atoms with E-state index in [1.807, 2.05) is 18.2 Å². The lowest BCUT2D eigenvalue weighted by atomic mass is 10.2. The lowest BCUT2D eigenvalue weighted by Gasteiger charge is -2.29. The van der Waals surface area contributed by atoms with Gasteiger partial charge >= 0.3 is 5.97 Å². The highest BCUT2D eigenvalue weighted by atomic mass is 79.9. The number of ether oxygens (including phenoxy) is 2. The number of nitrogens with zero attached hydrogens (tertiary/aromatic N) is 2. The minimum absolute atomic E-state index is 0.0285. The number of rotatable bonds is 7. The van der Waals surface area contributed by atoms with Crippen LogP contribution in [0.4, 0.5) is 17.1 Å². The van der Waals surface area contributed by atoms with Gasteiger partial charge in [0.15, 0.2) is 0 Å². The predicted molar refractivity (Wildman–Crippen MR) is 143 cm³/mol. The van der Waals surface area contributed by atoms with E-state index in [0.717, 1.165) is 34.4 Å². The van der Waals surface area contributed by atoms with Gasteiger partial charge in [-0.3, -0.25) is 9.10 Å². The van der Waals surface area contributed by atoms with Crippen LogP contribution in [0.2, 0.25) is 0 Å². The number of carbonyl (C=O) groups is 2. The monoisotopic (exact) mass is 593 g/mol. The number of benzene rings is 2. The van der Waals surface area contributed by atoms with Crippen molar-refractivity contribution >= 4 is 66.2 Å². The Morgan fingerprint density at radius 2 is 1.81 bits per heavy atom. The zero-order valence-electron chi connectivity index (χ0n) is 19.6. The highest BCUT2D eigenvalue weighted by Crippen LogP contribution is 2.35. The lowest BCUT2D eigenvalue weighted by molar-refractivity contribution is 0.0600. The van der Waals surface area contributed by atoms with Crippen LogP contribution >= 0.6 is 27.3 Å². The molecular formula is C24H24BrN3O6S2. The van der Waals surface area contributed by atoms with Gasteiger partial charge in [-0.15, -0.1) is 11.3 Å². The first-order valence-corrected chi connectivity index (χ1v) is 14.0. The van der Waals surface area contributed by atoms with Crippen LogP contribution in [-0.4, -0.2) is 60.8 Å². The van der Waals surface area contributed by atoms with Gasteiger partial charge in [-0.05, 0) is 64.5 Å². The van der Waals surface area contributed by atoms with Crippen LogP contribution in [0.25, 0.3) is 0 Å². The fraction of sp³-hybridized carbons (Fsp3) is 0.250. The van der Waals surface area contributed by atoms with E-state index in [-0.39, 0.29) is 9.77 Å². The molecule has 2 aromatic carbocycles. The Labute approximate surface area is 221 Å². The fourth-order valence-corrected chi connectivity index (χ4v) is 7.25. The van der Waals surface area contributed by atoms with E-state index < -0.39 is 21.9 Å². The van der Waals surface area contributed by atoms with Gasteiger partial charge in [0.05, 0.1) is 40.2 Å². The van der Waals surface area contributed by atoms with Crippen LogP contribution in [0, 0.1) is 0 Å². The van der Waals surface area contributed by atoms with Crippen molar-refractivity contribution in [2.75, 3.05) is 55.0 Å². The average Bonchev–Trinajstić information content (AvgIpc) is 3.31. The highest BCUT2D eigenvalue weighted by Gasteiger charge is 2.28. The Balaban J connectivity index is 1.51. The van der Waals surface area contributed by atoms with Crippen LogP contribution in [0.3, 0.4) is 0 Å². The van der Waals surface area contributed by atoms with Crippen molar-refractivity contribution in [2.45, 2.75) is 4.90 Å². The SMILES string of the molecule is COC(=O)c1ccc(N(C)S(=O)(=O)c2cc(C(=O)Nc3cccc(N4CCOCC4)c3)sc2Br)cc1. The Hall–Kier alpha value is -2.93. The Bertz CT molecular complexity index is 1370. The van der Waals surface area contributed by atoms with Crippen molar-refractivity contribution in [1.29, 1.82) is 0 Å². The summed E-state index contributed by atoms with van der Waals surface area (Å²) in [4.78, 5) is 27.0. The van der Waals surface area contributed by atoms with Gasteiger partial charge < -0.3 is 19.7 Å². The van der Waals surface area contributed by atoms with Gasteiger partial charge in [0.25, 0.3) is 15.9 Å². The minimum atomic E-state index is -3.99. The topological polar surface area (TPSA) is 105 Å². The van der Waals surface area contributed by atoms with Crippen molar-refractivity contribution < 1.29 is 27.5 Å². The molecule has 1 aliphatic rings. The highest BCUT2D eigenvalue weighted by molar-refractivity contribution is 9.11. The summed E-state index contributed by atoms with van der Waals surface area (Å²) < 4.78 is 38.1. The minimum Gasteiger partial charge on any atom is -0.465 e. The number of morpholine rings is 1. The normalized spacial score (nSPS) is 13.8. The van der Waals surface area contributed by atoms with E-state index in [2.05, 4.69) is 30.9 Å². The molecule has 1 aliphatic heterocycles. The second-order valence-corrected chi connectivity index (χ2v) is 12.2. The predicted octanol–water partition coefficient (Wildman–Crippen LogP) is 4.21. The summed E-state index contributed by atoms with van der Waals surface area (Å²) in [6.45, 7) is 2.85. The molecule has 0 bridgehead atoms. The molecule has 12 heteroatoms. The Morgan fingerprint density at radius 3 is 2.47 bits per heavy atom. The second-order valence-electron chi connectivity index (χ2n) is 7.86. The number of hydrogen-bond acceptors (Lipinski definition) is 8. The first-order valence-electron chi connectivity index (χ1n) is 10.9. The average molecular weight is 595 g/mol. The molecule has 0 unspecified atom stereocenters. The summed E-state index contributed by atoms with van der Waals surface area (Å²) in [6, 6.07) is 14.9. The molecule has 190 valence electrons. The van der Waals surface area contributed by atoms with Crippen molar-refractivity contribution in [2.24, 2.45) is 0 Å². The Kier molecular flexibility index (Phi) is 7.98. The van der Waals surface area contributed by atoms with Crippen molar-refractivity contribution in [3.05, 3.63) is 68.8 Å². The summed E-state index contributed by atoms with van der Waals surface area (Å²) >= 11 is 4.34. The molecule has 0 atom stereocenters. The molecule has 9 nitrogen and oxygen atoms in total. The van der Waals surface area contributed by atoms with E-state index in [1.54, 1.807) is 6.07 Å². The first kappa shape index (κ1) is 26.1. The molecule has 3 aromatic rings. The largest absolute Gasteiger partial charge is 0.465 e. The maximum absolute atomic E-state index is 13.3. The number of esters is 1. The number of amides is 1. The third-order valence-electron chi connectivity index (χ3n) is 5.65. The van der Waals surface area contributed by atoms with Crippen molar-refractivity contribution in [3.63, 3.8) is 0 Å². The van der Waals surface area contributed by atoms with Crippen molar-refractivity contribution in [3.8, 4) is 0 Å². The second kappa shape index (κ2) is 11.0. The van der Waals surface area contributed by atoms with E-state index >= 15 is 0 Å². The number of anilines is 3. The quantitative estimate of drug-likeness (QED) is 0.409. The molecule has 1 saturated heterocycles. The molecule has 2 heterocycles. The van der Waals surface area contributed by atoms with Gasteiger partial charge in [0, 0.05) is 31.5 Å². The van der Waals surface area contributed by atoms with E-state index in [9.17, 15) is 18.0 Å². The number of halogens is 1. The third-order valence-corrected chi connectivity index (χ3v) is 9.69. The smallest absolute Gasteiger partial charge is 0.337 e. The van der Waals surface area contributed by atoms with Gasteiger partial charge in [0.1, 0.15) is 4.90 Å². The number of carbonyl (C=O) groups excluding carboxylic acids is 2. The molecule has 0 radical (unpaired) electrons. The van der Waals surface area contributed by atoms with Gasteiger partial charge in [-0.2, -0.15) is 0 Å². The summed E-state index contributed by atoms with van der Waals surface area (Å²) in [5.74, 6) is -0.926. The van der Waals surface area contributed by atoms with Crippen LogP contribution in [0.1, 0.15) is 20.0 Å². The molecule has 1 amide bonds. The molecule has 1 fully saturated rings. The van der Waals surface area contributed by atoms with Gasteiger partial charge in [-0.25, -0.2) is 13.2 Å². The third kappa shape index (κ3) is 5.56. The van der Waals surface area contributed by atoms with Crippen LogP contribution < -0.4 is 14.5 Å². The number of nitrogens with one attached hydrogen (secondary N) is 1. The molecule has 0 aliphatic carbocycles. The van der Waals surface area contributed by atoms with Gasteiger partial charge in [-0.1, -0.05) is 6.07 Å². The molecule has 1 N–H and O–H groups in total. The van der Waals surface area contributed by atoms with Crippen LogP contribution in [-0.2, 0) is 19.5 Å². The van der Waals surface area contributed by atoms with E-state index in [1.165, 1.54) is 44.5 Å². The molecule has 0 spiro atoms. The number of hydrogen-bond donors (Lipinski definition) is 1. The van der Waals surface area contributed by atoms with E-state index in [0.29, 0.717) is 33.9 Å². The number of sulfonamides is 1. The zero-order valence-corrected chi connectivity index (χ0v) is 22.8. The summed E-state index contributed by atoms with van der Waals surface area (Å²) in [5.41, 5.74) is 2.25. The van der Waals surface area contributed by atoms with Gasteiger partial charge in [0.2, 0.25) is 0 Å². The lowest BCUT2D eigenvalue weighted by Crippen LogP contribution is -2.36. The fourth-order valence-electron chi connectivity index (χ4n) is 3.65. The molecule has 4 rings (SSSR count). The summed E-state index contributed by atoms with van der Waals surface area (Å²) in [7, 11) is -1.31. The first-order chi connectivity index (χ1) is 17.2. The molecule has 36 heavy (non-hydrogen) atoms. The summed E-state index contributed by atoms with van der Waals surface area (Å²) in [5, 5.41) is 2.85.